The van der Waals surface area contributed by atoms with Gasteiger partial charge >= 0.3 is 5.97 Å². The molecule has 8 heteroatoms. The molecule has 0 spiro atoms. The van der Waals surface area contributed by atoms with E-state index in [2.05, 4.69) is 15.9 Å². The van der Waals surface area contributed by atoms with E-state index in [9.17, 15) is 18.3 Å². The summed E-state index contributed by atoms with van der Waals surface area (Å²) in [5.74, 6) is -1.13. The van der Waals surface area contributed by atoms with Gasteiger partial charge in [0.1, 0.15) is 10.9 Å². The quantitative estimate of drug-likeness (QED) is 0.872. The van der Waals surface area contributed by atoms with Crippen LogP contribution in [-0.2, 0) is 14.8 Å². The number of carboxylic acid groups (broad SMARTS) is 1. The van der Waals surface area contributed by atoms with Gasteiger partial charge in [-0.2, -0.15) is 4.31 Å². The van der Waals surface area contributed by atoms with Gasteiger partial charge < -0.3 is 5.11 Å². The lowest BCUT2D eigenvalue weighted by Gasteiger charge is -2.32. The van der Waals surface area contributed by atoms with E-state index in [1.807, 2.05) is 0 Å². The molecule has 0 amide bonds. The van der Waals surface area contributed by atoms with E-state index in [0.717, 1.165) is 4.31 Å². The van der Waals surface area contributed by atoms with E-state index >= 15 is 0 Å². The number of benzene rings is 1. The van der Waals surface area contributed by atoms with Gasteiger partial charge in [-0.1, -0.05) is 27.5 Å². The molecule has 2 rings (SSSR count). The van der Waals surface area contributed by atoms with Crippen molar-refractivity contribution in [3.63, 3.8) is 0 Å². The fraction of sp³-hybridized carbons (Fsp3) is 0.417. The van der Waals surface area contributed by atoms with Crippen LogP contribution < -0.4 is 0 Å². The first kappa shape index (κ1) is 15.8. The molecule has 1 unspecified atom stereocenters. The van der Waals surface area contributed by atoms with Gasteiger partial charge in [-0.3, -0.25) is 4.79 Å². The largest absolute Gasteiger partial charge is 0.480 e. The minimum atomic E-state index is -3.92. The molecule has 1 heterocycles. The Morgan fingerprint density at radius 1 is 1.40 bits per heavy atom. The first-order valence-corrected chi connectivity index (χ1v) is 8.65. The Balaban J connectivity index is 2.47. The third-order valence-electron chi connectivity index (χ3n) is 3.22. The van der Waals surface area contributed by atoms with Crippen molar-refractivity contribution >= 4 is 43.5 Å². The average Bonchev–Trinajstić information content (AvgIpc) is 2.41. The molecule has 1 aliphatic rings. The van der Waals surface area contributed by atoms with Crippen LogP contribution in [0.3, 0.4) is 0 Å². The van der Waals surface area contributed by atoms with Crippen LogP contribution in [0, 0.1) is 0 Å². The summed E-state index contributed by atoms with van der Waals surface area (Å²) in [5, 5.41) is 9.28. The predicted octanol–water partition coefficient (Wildman–Crippen LogP) is 2.73. The number of hydrogen-bond donors (Lipinski definition) is 1. The van der Waals surface area contributed by atoms with Gasteiger partial charge in [-0.15, -0.1) is 0 Å². The van der Waals surface area contributed by atoms with Crippen LogP contribution >= 0.6 is 27.5 Å². The average molecular weight is 383 g/mol. The Morgan fingerprint density at radius 3 is 2.75 bits per heavy atom. The molecule has 1 N–H and O–H groups in total. The highest BCUT2D eigenvalue weighted by Gasteiger charge is 2.38. The zero-order chi connectivity index (χ0) is 14.9. The SMILES string of the molecule is O=C(O)C1CCCCN1S(=O)(=O)c1cc(Br)ccc1Cl. The number of carboxylic acids is 1. The molecule has 1 aliphatic heterocycles. The van der Waals surface area contributed by atoms with Gasteiger partial charge in [0, 0.05) is 11.0 Å². The summed E-state index contributed by atoms with van der Waals surface area (Å²) in [6, 6.07) is 3.47. The van der Waals surface area contributed by atoms with Crippen molar-refractivity contribution in [2.45, 2.75) is 30.2 Å². The summed E-state index contributed by atoms with van der Waals surface area (Å²) in [4.78, 5) is 11.2. The smallest absolute Gasteiger partial charge is 0.322 e. The molecule has 0 aliphatic carbocycles. The molecule has 0 aromatic heterocycles. The van der Waals surface area contributed by atoms with E-state index in [1.165, 1.54) is 12.1 Å². The fourth-order valence-corrected chi connectivity index (χ4v) is 4.91. The first-order chi connectivity index (χ1) is 9.34. The number of carbonyl (C=O) groups is 1. The second kappa shape index (κ2) is 6.01. The number of sulfonamides is 1. The third kappa shape index (κ3) is 3.00. The molecular formula is C12H13BrClNO4S. The third-order valence-corrected chi connectivity index (χ3v) is 6.10. The molecule has 1 atom stereocenters. The highest BCUT2D eigenvalue weighted by atomic mass is 79.9. The van der Waals surface area contributed by atoms with Crippen LogP contribution in [-0.4, -0.2) is 36.4 Å². The molecule has 0 saturated carbocycles. The summed E-state index contributed by atoms with van der Waals surface area (Å²) in [5.41, 5.74) is 0. The maximum absolute atomic E-state index is 12.6. The molecule has 1 saturated heterocycles. The maximum atomic E-state index is 12.6. The van der Waals surface area contributed by atoms with E-state index in [1.54, 1.807) is 6.07 Å². The molecule has 1 fully saturated rings. The molecular weight excluding hydrogens is 370 g/mol. The summed E-state index contributed by atoms with van der Waals surface area (Å²) >= 11 is 9.15. The molecule has 5 nitrogen and oxygen atoms in total. The predicted molar refractivity (Wildman–Crippen MR) is 78.3 cm³/mol. The van der Waals surface area contributed by atoms with E-state index in [4.69, 9.17) is 11.6 Å². The Hall–Kier alpha value is -0.630. The van der Waals surface area contributed by atoms with Gasteiger partial charge in [-0.05, 0) is 37.5 Å². The number of rotatable bonds is 3. The van der Waals surface area contributed by atoms with Crippen molar-refractivity contribution in [2.75, 3.05) is 6.54 Å². The molecule has 110 valence electrons. The monoisotopic (exact) mass is 381 g/mol. The summed E-state index contributed by atoms with van der Waals surface area (Å²) in [6.07, 6.45) is 1.67. The normalized spacial score (nSPS) is 20.8. The number of halogens is 2. The zero-order valence-electron chi connectivity index (χ0n) is 10.4. The lowest BCUT2D eigenvalue weighted by Crippen LogP contribution is -2.47. The fourth-order valence-electron chi connectivity index (χ4n) is 2.24. The van der Waals surface area contributed by atoms with Gasteiger partial charge in [0.2, 0.25) is 10.0 Å². The van der Waals surface area contributed by atoms with Crippen LogP contribution in [0.25, 0.3) is 0 Å². The number of nitrogens with zero attached hydrogens (tertiary/aromatic N) is 1. The molecule has 1 aromatic rings. The Bertz CT molecular complexity index is 634. The first-order valence-electron chi connectivity index (χ1n) is 6.04. The molecule has 1 aromatic carbocycles. The van der Waals surface area contributed by atoms with Crippen LogP contribution in [0.2, 0.25) is 5.02 Å². The number of piperidine rings is 1. The van der Waals surface area contributed by atoms with Crippen molar-refractivity contribution in [3.8, 4) is 0 Å². The Labute approximate surface area is 130 Å². The Kier molecular flexibility index (Phi) is 4.73. The number of hydrogen-bond acceptors (Lipinski definition) is 3. The van der Waals surface area contributed by atoms with E-state index in [0.29, 0.717) is 23.7 Å². The van der Waals surface area contributed by atoms with Gasteiger partial charge in [0.05, 0.1) is 5.02 Å². The lowest BCUT2D eigenvalue weighted by molar-refractivity contribution is -0.142. The van der Waals surface area contributed by atoms with Crippen molar-refractivity contribution in [1.82, 2.24) is 4.31 Å². The standard InChI is InChI=1S/C12H13BrClNO4S/c13-8-4-5-9(14)11(7-8)20(18,19)15-6-2-1-3-10(15)12(16)17/h4-5,7,10H,1-3,6H2,(H,16,17). The minimum Gasteiger partial charge on any atom is -0.480 e. The maximum Gasteiger partial charge on any atom is 0.322 e. The van der Waals surface area contributed by atoms with Crippen molar-refractivity contribution in [3.05, 3.63) is 27.7 Å². The molecule has 20 heavy (non-hydrogen) atoms. The summed E-state index contributed by atoms with van der Waals surface area (Å²) in [6.45, 7) is 0.197. The summed E-state index contributed by atoms with van der Waals surface area (Å²) < 4.78 is 26.9. The van der Waals surface area contributed by atoms with E-state index < -0.39 is 22.0 Å². The second-order valence-corrected chi connectivity index (χ2v) is 7.72. The zero-order valence-corrected chi connectivity index (χ0v) is 13.6. The van der Waals surface area contributed by atoms with Crippen molar-refractivity contribution in [1.29, 1.82) is 0 Å². The van der Waals surface area contributed by atoms with Gasteiger partial charge in [0.15, 0.2) is 0 Å². The van der Waals surface area contributed by atoms with Crippen molar-refractivity contribution in [2.24, 2.45) is 0 Å². The van der Waals surface area contributed by atoms with Crippen LogP contribution in [0.1, 0.15) is 19.3 Å². The molecule has 0 radical (unpaired) electrons. The summed E-state index contributed by atoms with van der Waals surface area (Å²) in [7, 11) is -3.92. The van der Waals surface area contributed by atoms with Gasteiger partial charge in [0.25, 0.3) is 0 Å². The van der Waals surface area contributed by atoms with Crippen LogP contribution in [0.5, 0.6) is 0 Å². The topological polar surface area (TPSA) is 74.7 Å². The number of aliphatic carboxylic acids is 1. The van der Waals surface area contributed by atoms with E-state index in [-0.39, 0.29) is 16.5 Å². The molecule has 0 bridgehead atoms. The van der Waals surface area contributed by atoms with Crippen molar-refractivity contribution < 1.29 is 18.3 Å². The minimum absolute atomic E-state index is 0.0679. The second-order valence-electron chi connectivity index (χ2n) is 4.54. The van der Waals surface area contributed by atoms with Crippen LogP contribution in [0.4, 0.5) is 0 Å². The highest BCUT2D eigenvalue weighted by Crippen LogP contribution is 2.31. The highest BCUT2D eigenvalue weighted by molar-refractivity contribution is 9.10. The lowest BCUT2D eigenvalue weighted by atomic mass is 10.1. The van der Waals surface area contributed by atoms with Crippen LogP contribution in [0.15, 0.2) is 27.6 Å². The van der Waals surface area contributed by atoms with Gasteiger partial charge in [-0.25, -0.2) is 8.42 Å². The Morgan fingerprint density at radius 2 is 2.10 bits per heavy atom.